The average molecular weight is 377 g/mol. The standard InChI is InChI=1S/C21H19N3O2S/c1-13(25)15-3-6-18(7-4-15)22-21-23-19(12-27-21)16-5-8-20-17(11-16)9-10-24(20)14(2)26/h3-8,11-12H,9-10H2,1-2H3,(H,22,23). The zero-order valence-corrected chi connectivity index (χ0v) is 16.0. The van der Waals surface area contributed by atoms with Crippen LogP contribution in [0.2, 0.25) is 0 Å². The third-order valence-corrected chi connectivity index (χ3v) is 5.46. The first-order valence-corrected chi connectivity index (χ1v) is 9.64. The number of hydrogen-bond acceptors (Lipinski definition) is 5. The van der Waals surface area contributed by atoms with Crippen molar-refractivity contribution in [1.29, 1.82) is 0 Å². The van der Waals surface area contributed by atoms with E-state index in [-0.39, 0.29) is 11.7 Å². The number of rotatable bonds is 4. The Hall–Kier alpha value is -2.99. The highest BCUT2D eigenvalue weighted by Gasteiger charge is 2.22. The van der Waals surface area contributed by atoms with Crippen LogP contribution < -0.4 is 10.2 Å². The average Bonchev–Trinajstić information content (AvgIpc) is 3.28. The van der Waals surface area contributed by atoms with Gasteiger partial charge in [-0.2, -0.15) is 0 Å². The van der Waals surface area contributed by atoms with E-state index in [0.29, 0.717) is 5.56 Å². The van der Waals surface area contributed by atoms with E-state index in [1.165, 1.54) is 16.9 Å². The second kappa shape index (κ2) is 6.96. The Labute approximate surface area is 161 Å². The summed E-state index contributed by atoms with van der Waals surface area (Å²) in [6, 6.07) is 13.5. The van der Waals surface area contributed by atoms with E-state index in [4.69, 9.17) is 0 Å². The fourth-order valence-corrected chi connectivity index (χ4v) is 4.00. The largest absolute Gasteiger partial charge is 0.332 e. The maximum atomic E-state index is 11.7. The van der Waals surface area contributed by atoms with Crippen molar-refractivity contribution in [2.75, 3.05) is 16.8 Å². The minimum absolute atomic E-state index is 0.0537. The molecule has 6 heteroatoms. The number of ketones is 1. The fourth-order valence-electron chi connectivity index (χ4n) is 3.26. The number of nitrogens with one attached hydrogen (secondary N) is 1. The van der Waals surface area contributed by atoms with Crippen LogP contribution in [0.15, 0.2) is 47.8 Å². The fraction of sp³-hybridized carbons (Fsp3) is 0.190. The van der Waals surface area contributed by atoms with Crippen LogP contribution in [0.1, 0.15) is 29.8 Å². The van der Waals surface area contributed by atoms with Crippen LogP contribution in [0.4, 0.5) is 16.5 Å². The normalized spacial score (nSPS) is 12.7. The van der Waals surface area contributed by atoms with E-state index in [2.05, 4.69) is 16.4 Å². The lowest BCUT2D eigenvalue weighted by Crippen LogP contribution is -2.25. The van der Waals surface area contributed by atoms with Gasteiger partial charge in [0, 0.05) is 41.4 Å². The molecule has 1 aliphatic rings. The zero-order valence-electron chi connectivity index (χ0n) is 15.2. The molecule has 1 aromatic heterocycles. The summed E-state index contributed by atoms with van der Waals surface area (Å²) in [6.45, 7) is 3.90. The number of carbonyl (C=O) groups excluding carboxylic acids is 2. The minimum atomic E-state index is 0.0537. The molecule has 4 rings (SSSR count). The molecule has 2 heterocycles. The molecule has 1 N–H and O–H groups in total. The molecule has 0 saturated carbocycles. The number of thiazole rings is 1. The topological polar surface area (TPSA) is 62.3 Å². The molecule has 3 aromatic rings. The van der Waals surface area contributed by atoms with E-state index in [1.54, 1.807) is 26.0 Å². The monoisotopic (exact) mass is 377 g/mol. The number of hydrogen-bond donors (Lipinski definition) is 1. The van der Waals surface area contributed by atoms with Gasteiger partial charge in [-0.05, 0) is 55.3 Å². The molecule has 0 saturated heterocycles. The highest BCUT2D eigenvalue weighted by atomic mass is 32.1. The van der Waals surface area contributed by atoms with Crippen LogP contribution >= 0.6 is 11.3 Å². The van der Waals surface area contributed by atoms with Crippen LogP contribution in [0.3, 0.4) is 0 Å². The van der Waals surface area contributed by atoms with Crippen molar-refractivity contribution in [1.82, 2.24) is 4.98 Å². The molecule has 0 atom stereocenters. The van der Waals surface area contributed by atoms with Gasteiger partial charge in [0.1, 0.15) is 0 Å². The number of fused-ring (bicyclic) bond motifs is 1. The molecule has 5 nitrogen and oxygen atoms in total. The van der Waals surface area contributed by atoms with Crippen LogP contribution in [0, 0.1) is 0 Å². The predicted molar refractivity (Wildman–Crippen MR) is 109 cm³/mol. The van der Waals surface area contributed by atoms with Gasteiger partial charge in [0.25, 0.3) is 0 Å². The first-order valence-electron chi connectivity index (χ1n) is 8.76. The zero-order chi connectivity index (χ0) is 19.0. The van der Waals surface area contributed by atoms with Gasteiger partial charge in [-0.3, -0.25) is 9.59 Å². The van der Waals surface area contributed by atoms with E-state index in [0.717, 1.165) is 40.7 Å². The Kier molecular flexibility index (Phi) is 4.49. The Morgan fingerprint density at radius 2 is 1.89 bits per heavy atom. The van der Waals surface area contributed by atoms with Gasteiger partial charge in [-0.25, -0.2) is 4.98 Å². The number of aromatic nitrogens is 1. The van der Waals surface area contributed by atoms with E-state index < -0.39 is 0 Å². The van der Waals surface area contributed by atoms with Crippen LogP contribution in [-0.4, -0.2) is 23.2 Å². The van der Waals surface area contributed by atoms with Crippen LogP contribution in [0.25, 0.3) is 11.3 Å². The smallest absolute Gasteiger partial charge is 0.223 e. The highest BCUT2D eigenvalue weighted by molar-refractivity contribution is 7.14. The van der Waals surface area contributed by atoms with Gasteiger partial charge < -0.3 is 10.2 Å². The lowest BCUT2D eigenvalue weighted by Gasteiger charge is -2.14. The van der Waals surface area contributed by atoms with Crippen molar-refractivity contribution >= 4 is 39.5 Å². The molecule has 2 aromatic carbocycles. The molecule has 0 spiro atoms. The first-order chi connectivity index (χ1) is 13.0. The molecule has 136 valence electrons. The van der Waals surface area contributed by atoms with Crippen molar-refractivity contribution in [3.63, 3.8) is 0 Å². The Bertz CT molecular complexity index is 1020. The number of Topliss-reactive ketones (excluding diaryl/α,β-unsaturated/α-hetero) is 1. The molecule has 0 unspecified atom stereocenters. The lowest BCUT2D eigenvalue weighted by molar-refractivity contribution is -0.116. The number of amides is 1. The van der Waals surface area contributed by atoms with E-state index >= 15 is 0 Å². The summed E-state index contributed by atoms with van der Waals surface area (Å²) < 4.78 is 0. The van der Waals surface area contributed by atoms with Gasteiger partial charge in [0.05, 0.1) is 5.69 Å². The SMILES string of the molecule is CC(=O)c1ccc(Nc2nc(-c3ccc4c(c3)CCN4C(C)=O)cs2)cc1. The second-order valence-electron chi connectivity index (χ2n) is 6.56. The maximum absolute atomic E-state index is 11.7. The molecule has 0 fully saturated rings. The number of carbonyl (C=O) groups is 2. The summed E-state index contributed by atoms with van der Waals surface area (Å²) in [5.41, 5.74) is 5.74. The minimum Gasteiger partial charge on any atom is -0.332 e. The summed E-state index contributed by atoms with van der Waals surface area (Å²) in [7, 11) is 0. The van der Waals surface area contributed by atoms with Crippen molar-refractivity contribution in [2.24, 2.45) is 0 Å². The summed E-state index contributed by atoms with van der Waals surface area (Å²) in [5.74, 6) is 0.135. The molecule has 0 bridgehead atoms. The third kappa shape index (κ3) is 3.48. The number of anilines is 3. The Morgan fingerprint density at radius 3 is 2.59 bits per heavy atom. The third-order valence-electron chi connectivity index (χ3n) is 4.70. The van der Waals surface area contributed by atoms with Crippen molar-refractivity contribution in [3.05, 3.63) is 59.0 Å². The molecule has 0 radical (unpaired) electrons. The number of benzene rings is 2. The highest BCUT2D eigenvalue weighted by Crippen LogP contribution is 2.34. The van der Waals surface area contributed by atoms with Crippen LogP contribution in [-0.2, 0) is 11.2 Å². The Balaban J connectivity index is 1.53. The van der Waals surface area contributed by atoms with Gasteiger partial charge in [-0.15, -0.1) is 11.3 Å². The molecule has 0 aliphatic carbocycles. The van der Waals surface area contributed by atoms with Crippen molar-refractivity contribution in [3.8, 4) is 11.3 Å². The predicted octanol–water partition coefficient (Wildman–Crippen LogP) is 4.67. The summed E-state index contributed by atoms with van der Waals surface area (Å²) in [6.07, 6.45) is 0.875. The van der Waals surface area contributed by atoms with E-state index in [1.807, 2.05) is 34.5 Å². The number of nitrogens with zero attached hydrogens (tertiary/aromatic N) is 2. The maximum Gasteiger partial charge on any atom is 0.223 e. The lowest BCUT2D eigenvalue weighted by atomic mass is 10.1. The molecule has 1 amide bonds. The first kappa shape index (κ1) is 17.4. The molecular weight excluding hydrogens is 358 g/mol. The van der Waals surface area contributed by atoms with E-state index in [9.17, 15) is 9.59 Å². The van der Waals surface area contributed by atoms with Gasteiger partial charge in [0.15, 0.2) is 10.9 Å². The second-order valence-corrected chi connectivity index (χ2v) is 7.42. The summed E-state index contributed by atoms with van der Waals surface area (Å²) in [4.78, 5) is 29.5. The summed E-state index contributed by atoms with van der Waals surface area (Å²) >= 11 is 1.53. The molecule has 27 heavy (non-hydrogen) atoms. The Morgan fingerprint density at radius 1 is 1.11 bits per heavy atom. The van der Waals surface area contributed by atoms with Gasteiger partial charge in [0.2, 0.25) is 5.91 Å². The van der Waals surface area contributed by atoms with Crippen LogP contribution in [0.5, 0.6) is 0 Å². The van der Waals surface area contributed by atoms with Crippen molar-refractivity contribution in [2.45, 2.75) is 20.3 Å². The van der Waals surface area contributed by atoms with Gasteiger partial charge >= 0.3 is 0 Å². The van der Waals surface area contributed by atoms with Gasteiger partial charge in [-0.1, -0.05) is 6.07 Å². The molecular formula is C21H19N3O2S. The van der Waals surface area contributed by atoms with Crippen molar-refractivity contribution < 1.29 is 9.59 Å². The quantitative estimate of drug-likeness (QED) is 0.672. The summed E-state index contributed by atoms with van der Waals surface area (Å²) in [5, 5.41) is 6.09. The molecule has 1 aliphatic heterocycles.